The Morgan fingerprint density at radius 2 is 1.64 bits per heavy atom. The molecule has 0 aromatic rings. The van der Waals surface area contributed by atoms with Crippen LogP contribution < -0.4 is 0 Å². The zero-order valence-electron chi connectivity index (χ0n) is 8.26. The van der Waals surface area contributed by atoms with Crippen molar-refractivity contribution < 1.29 is 4.18 Å². The topological polar surface area (TPSA) is 9.23 Å². The minimum absolute atomic E-state index is 0.578. The van der Waals surface area contributed by atoms with Crippen molar-refractivity contribution in [1.29, 1.82) is 0 Å². The molecule has 0 aromatic heterocycles. The molecule has 0 amide bonds. The summed E-state index contributed by atoms with van der Waals surface area (Å²) in [5.41, 5.74) is 0. The lowest BCUT2D eigenvalue weighted by Crippen LogP contribution is -2.10. The smallest absolute Gasteiger partial charge is 0.0641 e. The van der Waals surface area contributed by atoms with Gasteiger partial charge in [-0.2, -0.15) is 0 Å². The fraction of sp³-hybridized carbons (Fsp3) is 1.00. The SMILES string of the molecule is CC(C)SOCC(C)C(C)C. The molecule has 0 saturated heterocycles. The molecule has 2 heteroatoms. The summed E-state index contributed by atoms with van der Waals surface area (Å²) in [6, 6.07) is 0. The van der Waals surface area contributed by atoms with Crippen LogP contribution in [-0.2, 0) is 4.18 Å². The summed E-state index contributed by atoms with van der Waals surface area (Å²) in [7, 11) is 0. The van der Waals surface area contributed by atoms with Crippen LogP contribution >= 0.6 is 12.0 Å². The molecule has 0 bridgehead atoms. The molecule has 1 unspecified atom stereocenters. The van der Waals surface area contributed by atoms with Crippen molar-refractivity contribution in [3.05, 3.63) is 0 Å². The van der Waals surface area contributed by atoms with Gasteiger partial charge in [-0.05, 0) is 23.9 Å². The Balaban J connectivity index is 3.24. The minimum atomic E-state index is 0.578. The van der Waals surface area contributed by atoms with Gasteiger partial charge in [-0.3, -0.25) is 0 Å². The fourth-order valence-electron chi connectivity index (χ4n) is 0.475. The van der Waals surface area contributed by atoms with E-state index in [1.54, 1.807) is 12.0 Å². The van der Waals surface area contributed by atoms with E-state index >= 15 is 0 Å². The summed E-state index contributed by atoms with van der Waals surface area (Å²) >= 11 is 1.58. The van der Waals surface area contributed by atoms with Crippen LogP contribution in [-0.4, -0.2) is 11.9 Å². The molecule has 0 N–H and O–H groups in total. The van der Waals surface area contributed by atoms with E-state index in [1.807, 2.05) is 0 Å². The summed E-state index contributed by atoms with van der Waals surface area (Å²) in [6.07, 6.45) is 0. The van der Waals surface area contributed by atoms with Gasteiger partial charge in [0.25, 0.3) is 0 Å². The van der Waals surface area contributed by atoms with E-state index in [0.29, 0.717) is 11.2 Å². The van der Waals surface area contributed by atoms with Crippen molar-refractivity contribution in [2.24, 2.45) is 11.8 Å². The average molecular weight is 176 g/mol. The van der Waals surface area contributed by atoms with Crippen LogP contribution in [0, 0.1) is 11.8 Å². The molecule has 1 atom stereocenters. The van der Waals surface area contributed by atoms with Gasteiger partial charge in [0.05, 0.1) is 6.61 Å². The Bertz CT molecular complexity index is 91.6. The highest BCUT2D eigenvalue weighted by Crippen LogP contribution is 2.16. The Kier molecular flexibility index (Phi) is 6.06. The van der Waals surface area contributed by atoms with E-state index in [2.05, 4.69) is 34.6 Å². The maximum Gasteiger partial charge on any atom is 0.0641 e. The van der Waals surface area contributed by atoms with Crippen molar-refractivity contribution in [3.63, 3.8) is 0 Å². The van der Waals surface area contributed by atoms with E-state index in [0.717, 1.165) is 12.5 Å². The molecule has 1 nitrogen and oxygen atoms in total. The monoisotopic (exact) mass is 176 g/mol. The first kappa shape index (κ1) is 11.3. The zero-order chi connectivity index (χ0) is 8.85. The highest BCUT2D eigenvalue weighted by Gasteiger charge is 2.07. The van der Waals surface area contributed by atoms with Gasteiger partial charge in [0.1, 0.15) is 0 Å². The van der Waals surface area contributed by atoms with Crippen LogP contribution in [0.15, 0.2) is 0 Å². The van der Waals surface area contributed by atoms with Crippen molar-refractivity contribution >= 4 is 12.0 Å². The minimum Gasteiger partial charge on any atom is -0.315 e. The molecule has 0 spiro atoms. The second-order valence-corrected chi connectivity index (χ2v) is 5.02. The third-order valence-electron chi connectivity index (χ3n) is 1.73. The molecule has 0 aliphatic rings. The van der Waals surface area contributed by atoms with E-state index in [-0.39, 0.29) is 0 Å². The van der Waals surface area contributed by atoms with Crippen LogP contribution in [0.1, 0.15) is 34.6 Å². The molecule has 0 heterocycles. The third-order valence-corrected chi connectivity index (χ3v) is 2.39. The van der Waals surface area contributed by atoms with Crippen LogP contribution in [0.4, 0.5) is 0 Å². The molecule has 0 fully saturated rings. The van der Waals surface area contributed by atoms with Gasteiger partial charge >= 0.3 is 0 Å². The molecular weight excluding hydrogens is 156 g/mol. The molecule has 0 saturated carbocycles. The largest absolute Gasteiger partial charge is 0.315 e. The van der Waals surface area contributed by atoms with Crippen molar-refractivity contribution in [2.45, 2.75) is 39.9 Å². The molecule has 0 rings (SSSR count). The second-order valence-electron chi connectivity index (χ2n) is 3.65. The summed E-state index contributed by atoms with van der Waals surface area (Å²) in [6.45, 7) is 11.9. The van der Waals surface area contributed by atoms with Crippen molar-refractivity contribution in [3.8, 4) is 0 Å². The standard InChI is InChI=1S/C9H20OS/c1-7(2)9(5)6-10-11-8(3)4/h7-9H,6H2,1-5H3. The van der Waals surface area contributed by atoms with Crippen LogP contribution in [0.25, 0.3) is 0 Å². The van der Waals surface area contributed by atoms with E-state index in [9.17, 15) is 0 Å². The first-order chi connectivity index (χ1) is 5.04. The number of rotatable bonds is 5. The van der Waals surface area contributed by atoms with Gasteiger partial charge in [-0.25, -0.2) is 0 Å². The quantitative estimate of drug-likeness (QED) is 0.594. The second kappa shape index (κ2) is 5.90. The predicted octanol–water partition coefficient (Wildman–Crippen LogP) is 3.35. The Morgan fingerprint density at radius 1 is 1.09 bits per heavy atom. The Labute approximate surface area is 75.1 Å². The molecule has 11 heavy (non-hydrogen) atoms. The molecule has 68 valence electrons. The lowest BCUT2D eigenvalue weighted by atomic mass is 10.00. The predicted molar refractivity (Wildman–Crippen MR) is 52.7 cm³/mol. The maximum absolute atomic E-state index is 5.43. The van der Waals surface area contributed by atoms with Crippen LogP contribution in [0.2, 0.25) is 0 Å². The van der Waals surface area contributed by atoms with E-state index in [4.69, 9.17) is 4.18 Å². The molecule has 0 radical (unpaired) electrons. The lowest BCUT2D eigenvalue weighted by Gasteiger charge is -2.15. The average Bonchev–Trinajstić information content (AvgIpc) is 1.86. The highest BCUT2D eigenvalue weighted by molar-refractivity contribution is 7.95. The molecule has 0 aliphatic heterocycles. The summed E-state index contributed by atoms with van der Waals surface area (Å²) in [4.78, 5) is 0. The third kappa shape index (κ3) is 6.70. The number of hydrogen-bond donors (Lipinski definition) is 0. The van der Waals surface area contributed by atoms with Crippen LogP contribution in [0.3, 0.4) is 0 Å². The van der Waals surface area contributed by atoms with Gasteiger partial charge < -0.3 is 4.18 Å². The van der Waals surface area contributed by atoms with Crippen molar-refractivity contribution in [1.82, 2.24) is 0 Å². The molecular formula is C9H20OS. The number of hydrogen-bond acceptors (Lipinski definition) is 2. The van der Waals surface area contributed by atoms with Gasteiger partial charge in [0, 0.05) is 5.25 Å². The normalized spacial score (nSPS) is 14.5. The van der Waals surface area contributed by atoms with E-state index < -0.39 is 0 Å². The first-order valence-electron chi connectivity index (χ1n) is 4.32. The van der Waals surface area contributed by atoms with Gasteiger partial charge in [0.15, 0.2) is 0 Å². The van der Waals surface area contributed by atoms with Gasteiger partial charge in [0.2, 0.25) is 0 Å². The fourth-order valence-corrected chi connectivity index (χ4v) is 1.04. The summed E-state index contributed by atoms with van der Waals surface area (Å²) in [5, 5.41) is 0.578. The summed E-state index contributed by atoms with van der Waals surface area (Å²) < 4.78 is 5.43. The molecule has 0 aliphatic carbocycles. The Morgan fingerprint density at radius 3 is 2.00 bits per heavy atom. The highest BCUT2D eigenvalue weighted by atomic mass is 32.2. The Hall–Kier alpha value is 0.310. The first-order valence-corrected chi connectivity index (χ1v) is 5.12. The van der Waals surface area contributed by atoms with Crippen molar-refractivity contribution in [2.75, 3.05) is 6.61 Å². The zero-order valence-corrected chi connectivity index (χ0v) is 9.07. The van der Waals surface area contributed by atoms with Gasteiger partial charge in [-0.15, -0.1) is 0 Å². The van der Waals surface area contributed by atoms with Gasteiger partial charge in [-0.1, -0.05) is 34.6 Å². The van der Waals surface area contributed by atoms with Crippen LogP contribution in [0.5, 0.6) is 0 Å². The maximum atomic E-state index is 5.43. The van der Waals surface area contributed by atoms with E-state index in [1.165, 1.54) is 0 Å². The summed E-state index contributed by atoms with van der Waals surface area (Å²) in [5.74, 6) is 1.39. The molecule has 0 aromatic carbocycles. The lowest BCUT2D eigenvalue weighted by molar-refractivity contribution is 0.253.